The number of hydrogen-bond acceptors (Lipinski definition) is 4. The van der Waals surface area contributed by atoms with Crippen molar-refractivity contribution in [1.82, 2.24) is 0 Å². The summed E-state index contributed by atoms with van der Waals surface area (Å²) in [6.45, 7) is 3.53. The van der Waals surface area contributed by atoms with E-state index >= 15 is 0 Å². The van der Waals surface area contributed by atoms with Crippen LogP contribution in [-0.2, 0) is 0 Å². The average molecular weight is 328 g/mol. The molecular formula is C13H18BrN3O2. The van der Waals surface area contributed by atoms with Crippen LogP contribution in [0.15, 0.2) is 22.7 Å². The smallest absolute Gasteiger partial charge is 0.293 e. The van der Waals surface area contributed by atoms with Gasteiger partial charge in [-0.3, -0.25) is 10.1 Å². The molecule has 0 aromatic heterocycles. The van der Waals surface area contributed by atoms with E-state index in [0.717, 1.165) is 23.9 Å². The zero-order chi connectivity index (χ0) is 14.0. The van der Waals surface area contributed by atoms with E-state index in [0.29, 0.717) is 24.2 Å². The monoisotopic (exact) mass is 327 g/mol. The zero-order valence-electron chi connectivity index (χ0n) is 10.9. The molecule has 2 rings (SSSR count). The van der Waals surface area contributed by atoms with Crippen molar-refractivity contribution in [1.29, 1.82) is 0 Å². The predicted octanol–water partition coefficient (Wildman–Crippen LogP) is 2.92. The minimum absolute atomic E-state index is 0.152. The first kappa shape index (κ1) is 14.3. The molecule has 6 heteroatoms. The lowest BCUT2D eigenvalue weighted by Gasteiger charge is -2.39. The third-order valence-electron chi connectivity index (χ3n) is 3.76. The van der Waals surface area contributed by atoms with Gasteiger partial charge in [-0.1, -0.05) is 15.9 Å². The van der Waals surface area contributed by atoms with E-state index in [-0.39, 0.29) is 10.6 Å². The maximum Gasteiger partial charge on any atom is 0.293 e. The molecule has 1 fully saturated rings. The maximum absolute atomic E-state index is 11.2. The Morgan fingerprint density at radius 2 is 2.26 bits per heavy atom. The summed E-state index contributed by atoms with van der Waals surface area (Å²) in [5.41, 5.74) is 6.59. The third kappa shape index (κ3) is 3.06. The van der Waals surface area contributed by atoms with E-state index in [1.165, 1.54) is 0 Å². The summed E-state index contributed by atoms with van der Waals surface area (Å²) in [5.74, 6) is 0.416. The van der Waals surface area contributed by atoms with Crippen molar-refractivity contribution in [3.63, 3.8) is 0 Å². The Bertz CT molecular complexity index is 481. The number of hydrogen-bond donors (Lipinski definition) is 1. The maximum atomic E-state index is 11.2. The van der Waals surface area contributed by atoms with Crippen molar-refractivity contribution in [2.24, 2.45) is 11.7 Å². The predicted molar refractivity (Wildman–Crippen MR) is 79.4 cm³/mol. The van der Waals surface area contributed by atoms with Gasteiger partial charge >= 0.3 is 0 Å². The van der Waals surface area contributed by atoms with Crippen molar-refractivity contribution in [2.75, 3.05) is 18.0 Å². The van der Waals surface area contributed by atoms with E-state index in [2.05, 4.69) is 27.8 Å². The SMILES string of the molecule is CC1CCC(CN)CN1c1ccc(Br)cc1[N+](=O)[O-]. The van der Waals surface area contributed by atoms with E-state index in [4.69, 9.17) is 5.73 Å². The summed E-state index contributed by atoms with van der Waals surface area (Å²) < 4.78 is 0.725. The topological polar surface area (TPSA) is 72.4 Å². The van der Waals surface area contributed by atoms with E-state index in [1.807, 2.05) is 12.1 Å². The number of nitro benzene ring substituents is 1. The molecule has 0 aliphatic carbocycles. The molecule has 0 bridgehead atoms. The lowest BCUT2D eigenvalue weighted by atomic mass is 9.93. The molecule has 2 unspecified atom stereocenters. The van der Waals surface area contributed by atoms with Crippen LogP contribution in [0.1, 0.15) is 19.8 Å². The summed E-state index contributed by atoms with van der Waals surface area (Å²) in [4.78, 5) is 13.0. The van der Waals surface area contributed by atoms with Gasteiger partial charge < -0.3 is 10.6 Å². The minimum atomic E-state index is -0.321. The molecule has 2 N–H and O–H groups in total. The molecule has 1 aromatic rings. The molecule has 1 heterocycles. The van der Waals surface area contributed by atoms with Crippen LogP contribution in [0.2, 0.25) is 0 Å². The second-order valence-corrected chi connectivity index (χ2v) is 5.99. The number of anilines is 1. The first-order valence-electron chi connectivity index (χ1n) is 6.43. The molecule has 104 valence electrons. The Kier molecular flexibility index (Phi) is 4.42. The molecule has 0 amide bonds. The summed E-state index contributed by atoms with van der Waals surface area (Å²) in [5, 5.41) is 11.2. The highest BCUT2D eigenvalue weighted by molar-refractivity contribution is 9.10. The summed E-state index contributed by atoms with van der Waals surface area (Å²) >= 11 is 3.29. The van der Waals surface area contributed by atoms with Gasteiger partial charge in [0, 0.05) is 23.1 Å². The molecule has 19 heavy (non-hydrogen) atoms. The number of nitrogens with two attached hydrogens (primary N) is 1. The highest BCUT2D eigenvalue weighted by Gasteiger charge is 2.29. The fourth-order valence-corrected chi connectivity index (χ4v) is 2.95. The van der Waals surface area contributed by atoms with Crippen LogP contribution in [0.25, 0.3) is 0 Å². The second-order valence-electron chi connectivity index (χ2n) is 5.07. The second kappa shape index (κ2) is 5.88. The first-order valence-corrected chi connectivity index (χ1v) is 7.23. The highest BCUT2D eigenvalue weighted by Crippen LogP contribution is 2.35. The molecule has 5 nitrogen and oxygen atoms in total. The average Bonchev–Trinajstić information content (AvgIpc) is 2.39. The van der Waals surface area contributed by atoms with Gasteiger partial charge in [-0.05, 0) is 44.4 Å². The largest absolute Gasteiger partial charge is 0.363 e. The number of rotatable bonds is 3. The summed E-state index contributed by atoms with van der Waals surface area (Å²) in [6, 6.07) is 5.54. The van der Waals surface area contributed by atoms with Crippen molar-refractivity contribution in [3.05, 3.63) is 32.8 Å². The Hall–Kier alpha value is -1.14. The highest BCUT2D eigenvalue weighted by atomic mass is 79.9. The van der Waals surface area contributed by atoms with Crippen LogP contribution < -0.4 is 10.6 Å². The van der Waals surface area contributed by atoms with Gasteiger partial charge in [0.25, 0.3) is 5.69 Å². The van der Waals surface area contributed by atoms with Crippen molar-refractivity contribution in [2.45, 2.75) is 25.8 Å². The minimum Gasteiger partial charge on any atom is -0.363 e. The van der Waals surface area contributed by atoms with Crippen LogP contribution in [0.5, 0.6) is 0 Å². The normalized spacial score (nSPS) is 23.4. The van der Waals surface area contributed by atoms with Crippen LogP contribution in [0.4, 0.5) is 11.4 Å². The fourth-order valence-electron chi connectivity index (χ4n) is 2.60. The summed E-state index contributed by atoms with van der Waals surface area (Å²) in [6.07, 6.45) is 2.12. The number of nitro groups is 1. The molecule has 1 aliphatic rings. The van der Waals surface area contributed by atoms with E-state index < -0.39 is 0 Å². The van der Waals surface area contributed by atoms with Gasteiger partial charge in [-0.2, -0.15) is 0 Å². The lowest BCUT2D eigenvalue weighted by molar-refractivity contribution is -0.384. The Balaban J connectivity index is 2.36. The lowest BCUT2D eigenvalue weighted by Crippen LogP contribution is -2.44. The molecule has 1 aromatic carbocycles. The molecule has 0 spiro atoms. The molecule has 2 atom stereocenters. The van der Waals surface area contributed by atoms with Crippen molar-refractivity contribution < 1.29 is 4.92 Å². The molecule has 0 saturated carbocycles. The Morgan fingerprint density at radius 3 is 2.89 bits per heavy atom. The molecule has 0 radical (unpaired) electrons. The zero-order valence-corrected chi connectivity index (χ0v) is 12.5. The Morgan fingerprint density at radius 1 is 1.53 bits per heavy atom. The van der Waals surface area contributed by atoms with Gasteiger partial charge in [-0.15, -0.1) is 0 Å². The van der Waals surface area contributed by atoms with E-state index in [1.54, 1.807) is 6.07 Å². The summed E-state index contributed by atoms with van der Waals surface area (Å²) in [7, 11) is 0. The van der Waals surface area contributed by atoms with Crippen LogP contribution in [-0.4, -0.2) is 24.1 Å². The quantitative estimate of drug-likeness (QED) is 0.684. The Labute approximate surface area is 121 Å². The fraction of sp³-hybridized carbons (Fsp3) is 0.538. The van der Waals surface area contributed by atoms with Gasteiger partial charge in [0.2, 0.25) is 0 Å². The standard InChI is InChI=1S/C13H18BrN3O2/c1-9-2-3-10(7-15)8-16(9)12-5-4-11(14)6-13(12)17(18)19/h4-6,9-10H,2-3,7-8,15H2,1H3. The van der Waals surface area contributed by atoms with Gasteiger partial charge in [-0.25, -0.2) is 0 Å². The van der Waals surface area contributed by atoms with Gasteiger partial charge in [0.05, 0.1) is 4.92 Å². The number of piperidine rings is 1. The van der Waals surface area contributed by atoms with Crippen LogP contribution in [0, 0.1) is 16.0 Å². The van der Waals surface area contributed by atoms with Crippen LogP contribution >= 0.6 is 15.9 Å². The van der Waals surface area contributed by atoms with Gasteiger partial charge in [0.15, 0.2) is 0 Å². The number of nitrogens with zero attached hydrogens (tertiary/aromatic N) is 2. The van der Waals surface area contributed by atoms with Crippen LogP contribution in [0.3, 0.4) is 0 Å². The molecule has 1 aliphatic heterocycles. The van der Waals surface area contributed by atoms with Crippen molar-refractivity contribution in [3.8, 4) is 0 Å². The van der Waals surface area contributed by atoms with Crippen molar-refractivity contribution >= 4 is 27.3 Å². The molecular weight excluding hydrogens is 310 g/mol. The van der Waals surface area contributed by atoms with Gasteiger partial charge in [0.1, 0.15) is 5.69 Å². The molecule has 1 saturated heterocycles. The van der Waals surface area contributed by atoms with E-state index in [9.17, 15) is 10.1 Å². The first-order chi connectivity index (χ1) is 9.02. The third-order valence-corrected chi connectivity index (χ3v) is 4.25. The number of benzene rings is 1. The number of halogens is 1.